The van der Waals surface area contributed by atoms with E-state index in [1.165, 1.54) is 12.1 Å². The summed E-state index contributed by atoms with van der Waals surface area (Å²) in [7, 11) is 0. The van der Waals surface area contributed by atoms with Crippen LogP contribution in [0.4, 0.5) is 13.2 Å². The van der Waals surface area contributed by atoms with E-state index in [0.29, 0.717) is 13.0 Å². The van der Waals surface area contributed by atoms with Crippen molar-refractivity contribution in [1.29, 1.82) is 0 Å². The highest BCUT2D eigenvalue weighted by Crippen LogP contribution is 2.30. The Morgan fingerprint density at radius 2 is 1.65 bits per heavy atom. The third kappa shape index (κ3) is 5.65. The molecule has 0 heterocycles. The molecule has 0 fully saturated rings. The zero-order valence-electron chi connectivity index (χ0n) is 12.3. The fourth-order valence-electron chi connectivity index (χ4n) is 1.93. The molecule has 0 atom stereocenters. The summed E-state index contributed by atoms with van der Waals surface area (Å²) >= 11 is 0. The number of hydrogen-bond donors (Lipinski definition) is 1. The molecule has 1 amide bonds. The smallest absolute Gasteiger partial charge is 0.416 e. The summed E-state index contributed by atoms with van der Waals surface area (Å²) in [5, 5.41) is 2.69. The minimum Gasteiger partial charge on any atom is -0.484 e. The van der Waals surface area contributed by atoms with Crippen LogP contribution in [0.3, 0.4) is 0 Å². The number of amides is 1. The maximum Gasteiger partial charge on any atom is 0.416 e. The van der Waals surface area contributed by atoms with E-state index >= 15 is 0 Å². The molecule has 0 radical (unpaired) electrons. The molecule has 2 aromatic carbocycles. The van der Waals surface area contributed by atoms with Crippen LogP contribution in [0.1, 0.15) is 11.1 Å². The van der Waals surface area contributed by atoms with Gasteiger partial charge in [0.1, 0.15) is 5.75 Å². The van der Waals surface area contributed by atoms with Gasteiger partial charge in [0.2, 0.25) is 0 Å². The van der Waals surface area contributed by atoms with E-state index in [2.05, 4.69) is 5.32 Å². The van der Waals surface area contributed by atoms with E-state index in [9.17, 15) is 18.0 Å². The number of rotatable bonds is 6. The standard InChI is InChI=1S/C17H16F3NO2/c18-17(19,20)14-6-8-15(9-7-14)23-12-16(22)21-11-10-13-4-2-1-3-5-13/h1-9H,10-12H2,(H,21,22). The quantitative estimate of drug-likeness (QED) is 0.884. The topological polar surface area (TPSA) is 38.3 Å². The number of carbonyl (C=O) groups is 1. The minimum absolute atomic E-state index is 0.219. The van der Waals surface area contributed by atoms with Crippen LogP contribution in [0.25, 0.3) is 0 Å². The zero-order valence-corrected chi connectivity index (χ0v) is 12.3. The number of halogens is 3. The second kappa shape index (κ2) is 7.67. The van der Waals surface area contributed by atoms with Gasteiger partial charge in [0.15, 0.2) is 6.61 Å². The van der Waals surface area contributed by atoms with Gasteiger partial charge in [-0.25, -0.2) is 0 Å². The number of hydrogen-bond acceptors (Lipinski definition) is 2. The average Bonchev–Trinajstić information content (AvgIpc) is 2.53. The molecule has 0 unspecified atom stereocenters. The molecule has 122 valence electrons. The minimum atomic E-state index is -4.38. The largest absolute Gasteiger partial charge is 0.484 e. The van der Waals surface area contributed by atoms with Crippen molar-refractivity contribution in [3.05, 3.63) is 65.7 Å². The molecule has 0 aromatic heterocycles. The number of benzene rings is 2. The summed E-state index contributed by atoms with van der Waals surface area (Å²) in [6.07, 6.45) is -3.68. The maximum absolute atomic E-state index is 12.4. The summed E-state index contributed by atoms with van der Waals surface area (Å²) < 4.78 is 42.4. The first-order valence-corrected chi connectivity index (χ1v) is 7.06. The van der Waals surface area contributed by atoms with Gasteiger partial charge in [0.25, 0.3) is 5.91 Å². The fraction of sp³-hybridized carbons (Fsp3) is 0.235. The molecule has 0 saturated carbocycles. The predicted molar refractivity (Wildman–Crippen MR) is 80.1 cm³/mol. The van der Waals surface area contributed by atoms with E-state index in [1.54, 1.807) is 0 Å². The normalized spacial score (nSPS) is 11.1. The van der Waals surface area contributed by atoms with Gasteiger partial charge in [-0.2, -0.15) is 13.2 Å². The average molecular weight is 323 g/mol. The Morgan fingerprint density at radius 3 is 2.26 bits per heavy atom. The van der Waals surface area contributed by atoms with Crippen molar-refractivity contribution in [2.24, 2.45) is 0 Å². The van der Waals surface area contributed by atoms with Crippen molar-refractivity contribution >= 4 is 5.91 Å². The Kier molecular flexibility index (Phi) is 5.62. The van der Waals surface area contributed by atoms with Crippen molar-refractivity contribution in [3.63, 3.8) is 0 Å². The Hall–Kier alpha value is -2.50. The van der Waals surface area contributed by atoms with Gasteiger partial charge < -0.3 is 10.1 Å². The Labute approximate surface area is 132 Å². The van der Waals surface area contributed by atoms with Crippen LogP contribution < -0.4 is 10.1 Å². The molecule has 0 spiro atoms. The molecule has 2 rings (SSSR count). The van der Waals surface area contributed by atoms with E-state index in [1.807, 2.05) is 30.3 Å². The van der Waals surface area contributed by atoms with Gasteiger partial charge >= 0.3 is 6.18 Å². The predicted octanol–water partition coefficient (Wildman–Crippen LogP) is 3.44. The molecule has 1 N–H and O–H groups in total. The number of alkyl halides is 3. The first-order valence-electron chi connectivity index (χ1n) is 7.06. The van der Waals surface area contributed by atoms with Crippen molar-refractivity contribution in [1.82, 2.24) is 5.32 Å². The molecular formula is C17H16F3NO2. The van der Waals surface area contributed by atoms with Gasteiger partial charge in [-0.05, 0) is 36.2 Å². The lowest BCUT2D eigenvalue weighted by atomic mass is 10.1. The van der Waals surface area contributed by atoms with Crippen LogP contribution in [0.5, 0.6) is 5.75 Å². The van der Waals surface area contributed by atoms with E-state index < -0.39 is 11.7 Å². The summed E-state index contributed by atoms with van der Waals surface area (Å²) in [6, 6.07) is 13.9. The first-order chi connectivity index (χ1) is 10.9. The Balaban J connectivity index is 1.72. The fourth-order valence-corrected chi connectivity index (χ4v) is 1.93. The molecule has 2 aromatic rings. The van der Waals surface area contributed by atoms with Gasteiger partial charge in [0, 0.05) is 6.54 Å². The van der Waals surface area contributed by atoms with Gasteiger partial charge in [0.05, 0.1) is 5.56 Å². The molecule has 0 bridgehead atoms. The SMILES string of the molecule is O=C(COc1ccc(C(F)(F)F)cc1)NCCc1ccccc1. The molecule has 0 aliphatic heterocycles. The van der Waals surface area contributed by atoms with Crippen LogP contribution in [0.15, 0.2) is 54.6 Å². The summed E-state index contributed by atoms with van der Waals surface area (Å²) in [5.41, 5.74) is 0.355. The third-order valence-electron chi connectivity index (χ3n) is 3.13. The van der Waals surface area contributed by atoms with Gasteiger partial charge in [-0.3, -0.25) is 4.79 Å². The van der Waals surface area contributed by atoms with Crippen LogP contribution >= 0.6 is 0 Å². The molecule has 6 heteroatoms. The lowest BCUT2D eigenvalue weighted by molar-refractivity contribution is -0.137. The Morgan fingerprint density at radius 1 is 1.00 bits per heavy atom. The van der Waals surface area contributed by atoms with Crippen LogP contribution in [0, 0.1) is 0 Å². The number of carbonyl (C=O) groups excluding carboxylic acids is 1. The van der Waals surface area contributed by atoms with Crippen LogP contribution in [0.2, 0.25) is 0 Å². The van der Waals surface area contributed by atoms with Crippen molar-refractivity contribution in [2.45, 2.75) is 12.6 Å². The van der Waals surface area contributed by atoms with E-state index in [0.717, 1.165) is 17.7 Å². The second-order valence-corrected chi connectivity index (χ2v) is 4.90. The van der Waals surface area contributed by atoms with E-state index in [4.69, 9.17) is 4.74 Å². The molecular weight excluding hydrogens is 307 g/mol. The maximum atomic E-state index is 12.4. The highest BCUT2D eigenvalue weighted by molar-refractivity contribution is 5.77. The van der Waals surface area contributed by atoms with Crippen molar-refractivity contribution in [3.8, 4) is 5.75 Å². The zero-order chi connectivity index (χ0) is 16.7. The van der Waals surface area contributed by atoms with Crippen LogP contribution in [-0.2, 0) is 17.4 Å². The summed E-state index contributed by atoms with van der Waals surface area (Å²) in [4.78, 5) is 11.6. The Bertz CT molecular complexity index is 625. The molecule has 0 aliphatic rings. The summed E-state index contributed by atoms with van der Waals surface area (Å²) in [5.74, 6) is -0.1000. The van der Waals surface area contributed by atoms with E-state index in [-0.39, 0.29) is 18.3 Å². The van der Waals surface area contributed by atoms with Gasteiger partial charge in [-0.15, -0.1) is 0 Å². The lowest BCUT2D eigenvalue weighted by Gasteiger charge is -2.09. The summed E-state index contributed by atoms with van der Waals surface area (Å²) in [6.45, 7) is 0.235. The number of ether oxygens (including phenoxy) is 1. The first kappa shape index (κ1) is 16.9. The van der Waals surface area contributed by atoms with Gasteiger partial charge in [-0.1, -0.05) is 30.3 Å². The monoisotopic (exact) mass is 323 g/mol. The lowest BCUT2D eigenvalue weighted by Crippen LogP contribution is -2.30. The third-order valence-corrected chi connectivity index (χ3v) is 3.13. The molecule has 0 saturated heterocycles. The number of nitrogens with one attached hydrogen (secondary N) is 1. The molecule has 23 heavy (non-hydrogen) atoms. The van der Waals surface area contributed by atoms with Crippen molar-refractivity contribution < 1.29 is 22.7 Å². The highest BCUT2D eigenvalue weighted by atomic mass is 19.4. The molecule has 3 nitrogen and oxygen atoms in total. The second-order valence-electron chi connectivity index (χ2n) is 4.90. The van der Waals surface area contributed by atoms with Crippen molar-refractivity contribution in [2.75, 3.05) is 13.2 Å². The highest BCUT2D eigenvalue weighted by Gasteiger charge is 2.30. The van der Waals surface area contributed by atoms with Crippen LogP contribution in [-0.4, -0.2) is 19.1 Å². The molecule has 0 aliphatic carbocycles.